The van der Waals surface area contributed by atoms with E-state index in [1.54, 1.807) is 6.07 Å². The predicted octanol–water partition coefficient (Wildman–Crippen LogP) is 4.05. The van der Waals surface area contributed by atoms with Crippen molar-refractivity contribution in [1.82, 2.24) is 14.8 Å². The van der Waals surface area contributed by atoms with Crippen LogP contribution in [0.2, 0.25) is 0 Å². The minimum absolute atomic E-state index is 0.597. The first-order valence-electron chi connectivity index (χ1n) is 6.81. The SMILES string of the molecule is [C-]#[N+]c1cccc(-n2nc(CC)nc2-c2ccccc2)c1. The van der Waals surface area contributed by atoms with Crippen molar-refractivity contribution in [3.63, 3.8) is 0 Å². The zero-order chi connectivity index (χ0) is 14.7. The molecule has 2 aromatic carbocycles. The average Bonchev–Trinajstić information content (AvgIpc) is 3.00. The first kappa shape index (κ1) is 13.1. The van der Waals surface area contributed by atoms with E-state index < -0.39 is 0 Å². The number of rotatable bonds is 3. The van der Waals surface area contributed by atoms with Crippen LogP contribution in [0.3, 0.4) is 0 Å². The Balaban J connectivity index is 2.18. The molecular weight excluding hydrogens is 260 g/mol. The van der Waals surface area contributed by atoms with Crippen molar-refractivity contribution in [3.8, 4) is 17.1 Å². The van der Waals surface area contributed by atoms with E-state index in [1.807, 2.05) is 60.1 Å². The molecule has 0 aliphatic carbocycles. The summed E-state index contributed by atoms with van der Waals surface area (Å²) in [4.78, 5) is 8.08. The van der Waals surface area contributed by atoms with Crippen LogP contribution in [0.25, 0.3) is 21.9 Å². The molecule has 0 fully saturated rings. The second-order valence-corrected chi connectivity index (χ2v) is 4.61. The highest BCUT2D eigenvalue weighted by molar-refractivity contribution is 5.60. The van der Waals surface area contributed by atoms with E-state index in [4.69, 9.17) is 6.57 Å². The van der Waals surface area contributed by atoms with Crippen LogP contribution in [-0.4, -0.2) is 14.8 Å². The van der Waals surface area contributed by atoms with E-state index in [9.17, 15) is 0 Å². The Hall–Kier alpha value is -2.93. The third-order valence-electron chi connectivity index (χ3n) is 3.20. The van der Waals surface area contributed by atoms with E-state index in [2.05, 4.69) is 14.9 Å². The number of aryl methyl sites for hydroxylation is 1. The lowest BCUT2D eigenvalue weighted by atomic mass is 10.2. The summed E-state index contributed by atoms with van der Waals surface area (Å²) < 4.78 is 1.81. The van der Waals surface area contributed by atoms with Crippen molar-refractivity contribution < 1.29 is 0 Å². The van der Waals surface area contributed by atoms with Gasteiger partial charge in [0.1, 0.15) is 0 Å². The highest BCUT2D eigenvalue weighted by atomic mass is 15.3. The molecule has 0 bridgehead atoms. The quantitative estimate of drug-likeness (QED) is 0.675. The first-order valence-corrected chi connectivity index (χ1v) is 6.81. The summed E-state index contributed by atoms with van der Waals surface area (Å²) in [5.41, 5.74) is 2.47. The molecule has 21 heavy (non-hydrogen) atoms. The van der Waals surface area contributed by atoms with E-state index >= 15 is 0 Å². The lowest BCUT2D eigenvalue weighted by Crippen LogP contribution is -1.99. The molecule has 0 aliphatic heterocycles. The van der Waals surface area contributed by atoms with Gasteiger partial charge in [0.15, 0.2) is 17.3 Å². The minimum atomic E-state index is 0.597. The van der Waals surface area contributed by atoms with Crippen molar-refractivity contribution in [3.05, 3.63) is 71.8 Å². The fourth-order valence-corrected chi connectivity index (χ4v) is 2.15. The molecule has 0 N–H and O–H groups in total. The number of nitrogens with zero attached hydrogens (tertiary/aromatic N) is 4. The maximum absolute atomic E-state index is 7.14. The van der Waals surface area contributed by atoms with E-state index in [0.29, 0.717) is 5.69 Å². The van der Waals surface area contributed by atoms with E-state index in [0.717, 1.165) is 29.3 Å². The number of hydrogen-bond donors (Lipinski definition) is 0. The fraction of sp³-hybridized carbons (Fsp3) is 0.118. The highest BCUT2D eigenvalue weighted by Gasteiger charge is 2.12. The third kappa shape index (κ3) is 2.54. The van der Waals surface area contributed by atoms with Crippen molar-refractivity contribution in [2.24, 2.45) is 0 Å². The molecule has 0 spiro atoms. The smallest absolute Gasteiger partial charge is 0.189 e. The molecule has 0 unspecified atom stereocenters. The van der Waals surface area contributed by atoms with Gasteiger partial charge in [0.2, 0.25) is 0 Å². The van der Waals surface area contributed by atoms with E-state index in [1.165, 1.54) is 0 Å². The van der Waals surface area contributed by atoms with Crippen LogP contribution >= 0.6 is 0 Å². The standard InChI is InChI=1S/C17H14N4/c1-3-16-19-17(13-8-5-4-6-9-13)21(20-16)15-11-7-10-14(12-15)18-2/h4-12H,3H2,1H3. The largest absolute Gasteiger partial charge is 0.238 e. The summed E-state index contributed by atoms with van der Waals surface area (Å²) in [6.07, 6.45) is 0.773. The zero-order valence-corrected chi connectivity index (χ0v) is 11.7. The monoisotopic (exact) mass is 274 g/mol. The lowest BCUT2D eigenvalue weighted by molar-refractivity contribution is 0.844. The van der Waals surface area contributed by atoms with E-state index in [-0.39, 0.29) is 0 Å². The van der Waals surface area contributed by atoms with Crippen molar-refractivity contribution >= 4 is 5.69 Å². The number of aromatic nitrogens is 3. The summed E-state index contributed by atoms with van der Waals surface area (Å²) >= 11 is 0. The molecule has 0 saturated heterocycles. The Morgan fingerprint density at radius 3 is 2.62 bits per heavy atom. The fourth-order valence-electron chi connectivity index (χ4n) is 2.15. The van der Waals surface area contributed by atoms with Crippen molar-refractivity contribution in [1.29, 1.82) is 0 Å². The Labute approximate surface area is 123 Å². The molecule has 3 aromatic rings. The van der Waals surface area contributed by atoms with Gasteiger partial charge in [-0.1, -0.05) is 49.4 Å². The topological polar surface area (TPSA) is 35.1 Å². The maximum Gasteiger partial charge on any atom is 0.189 e. The van der Waals surface area contributed by atoms with Gasteiger partial charge in [-0.3, -0.25) is 0 Å². The number of benzene rings is 2. The molecule has 0 saturated carbocycles. The van der Waals surface area contributed by atoms with Gasteiger partial charge in [-0.05, 0) is 12.1 Å². The summed E-state index contributed by atoms with van der Waals surface area (Å²) in [5.74, 6) is 1.59. The van der Waals surface area contributed by atoms with Crippen LogP contribution in [0.15, 0.2) is 54.6 Å². The van der Waals surface area contributed by atoms with Crippen LogP contribution in [0.4, 0.5) is 5.69 Å². The molecule has 1 aromatic heterocycles. The Morgan fingerprint density at radius 1 is 1.10 bits per heavy atom. The van der Waals surface area contributed by atoms with Crippen LogP contribution in [-0.2, 0) is 6.42 Å². The van der Waals surface area contributed by atoms with Gasteiger partial charge in [0.25, 0.3) is 0 Å². The van der Waals surface area contributed by atoms with Gasteiger partial charge in [0, 0.05) is 12.0 Å². The van der Waals surface area contributed by atoms with Crippen LogP contribution in [0.1, 0.15) is 12.7 Å². The van der Waals surface area contributed by atoms with Crippen LogP contribution in [0, 0.1) is 6.57 Å². The van der Waals surface area contributed by atoms with Crippen molar-refractivity contribution in [2.75, 3.05) is 0 Å². The molecule has 0 atom stereocenters. The van der Waals surface area contributed by atoms with Gasteiger partial charge in [-0.2, -0.15) is 5.10 Å². The molecule has 0 radical (unpaired) electrons. The third-order valence-corrected chi connectivity index (χ3v) is 3.20. The molecule has 1 heterocycles. The van der Waals surface area contributed by atoms with Crippen molar-refractivity contribution in [2.45, 2.75) is 13.3 Å². The van der Waals surface area contributed by atoms with Gasteiger partial charge in [0.05, 0.1) is 12.3 Å². The molecule has 3 rings (SSSR count). The normalized spacial score (nSPS) is 10.3. The Morgan fingerprint density at radius 2 is 1.90 bits per heavy atom. The zero-order valence-electron chi connectivity index (χ0n) is 11.7. The highest BCUT2D eigenvalue weighted by Crippen LogP contribution is 2.23. The second-order valence-electron chi connectivity index (χ2n) is 4.61. The molecular formula is C17H14N4. The molecule has 102 valence electrons. The maximum atomic E-state index is 7.14. The summed E-state index contributed by atoms with van der Waals surface area (Å²) in [7, 11) is 0. The van der Waals surface area contributed by atoms with Crippen LogP contribution < -0.4 is 0 Å². The van der Waals surface area contributed by atoms with Crippen LogP contribution in [0.5, 0.6) is 0 Å². The molecule has 0 amide bonds. The molecule has 0 aliphatic rings. The molecule has 4 heteroatoms. The van der Waals surface area contributed by atoms with Gasteiger partial charge in [-0.15, -0.1) is 0 Å². The first-order chi connectivity index (χ1) is 10.3. The summed E-state index contributed by atoms with van der Waals surface area (Å²) in [5, 5.41) is 4.55. The second kappa shape index (κ2) is 5.59. The minimum Gasteiger partial charge on any atom is -0.238 e. The lowest BCUT2D eigenvalue weighted by Gasteiger charge is -2.06. The average molecular weight is 274 g/mol. The molecule has 4 nitrogen and oxygen atoms in total. The predicted molar refractivity (Wildman–Crippen MR) is 82.4 cm³/mol. The Bertz CT molecular complexity index is 797. The van der Waals surface area contributed by atoms with Gasteiger partial charge < -0.3 is 0 Å². The summed E-state index contributed by atoms with van der Waals surface area (Å²) in [6.45, 7) is 9.17. The summed E-state index contributed by atoms with van der Waals surface area (Å²) in [6, 6.07) is 17.4. The van der Waals surface area contributed by atoms with Gasteiger partial charge >= 0.3 is 0 Å². The van der Waals surface area contributed by atoms with Gasteiger partial charge in [-0.25, -0.2) is 14.5 Å². The Kier molecular flexibility index (Phi) is 3.48. The number of hydrogen-bond acceptors (Lipinski definition) is 2.